The van der Waals surface area contributed by atoms with Crippen molar-refractivity contribution < 1.29 is 8.80 Å². The third-order valence-corrected chi connectivity index (χ3v) is 7.83. The van der Waals surface area contributed by atoms with Crippen LogP contribution in [0.1, 0.15) is 22.4 Å². The molecule has 0 amide bonds. The highest BCUT2D eigenvalue weighted by Gasteiger charge is 2.38. The number of halogens is 1. The third kappa shape index (κ3) is 5.09. The second-order valence-corrected chi connectivity index (χ2v) is 10.4. The molecule has 1 aliphatic rings. The van der Waals surface area contributed by atoms with Crippen LogP contribution in [0.2, 0.25) is 0 Å². The smallest absolute Gasteiger partial charge is 0.354 e. The third-order valence-electron chi connectivity index (χ3n) is 7.83. The van der Waals surface area contributed by atoms with Crippen LogP contribution >= 0.6 is 0 Å². The molecule has 2 heterocycles. The van der Waals surface area contributed by atoms with Crippen LogP contribution in [0, 0.1) is 0 Å². The van der Waals surface area contributed by atoms with Crippen LogP contribution in [0.3, 0.4) is 0 Å². The highest BCUT2D eigenvalue weighted by atomic mass is 19.1. The Labute approximate surface area is 252 Å². The molecule has 6 aromatic rings. The van der Waals surface area contributed by atoms with Crippen molar-refractivity contribution in [3.05, 3.63) is 192 Å². The summed E-state index contributed by atoms with van der Waals surface area (Å²) in [6.45, 7) is 0. The summed E-state index contributed by atoms with van der Waals surface area (Å²) in [6.07, 6.45) is 2.10. The number of nitrogens with zero attached hydrogens (tertiary/aromatic N) is 1. The van der Waals surface area contributed by atoms with Gasteiger partial charge in [-0.3, -0.25) is 0 Å². The van der Waals surface area contributed by atoms with E-state index in [0.29, 0.717) is 7.69 Å². The number of hydrogen-bond acceptors (Lipinski definition) is 0. The molecule has 0 atom stereocenters. The van der Waals surface area contributed by atoms with Gasteiger partial charge in [-0.2, -0.15) is 0 Å². The van der Waals surface area contributed by atoms with E-state index in [1.165, 1.54) is 0 Å². The molecular weight excluding hydrogens is 526 g/mol. The van der Waals surface area contributed by atoms with Crippen LogP contribution < -0.4 is 0 Å². The molecule has 1 aromatic heterocycles. The van der Waals surface area contributed by atoms with Gasteiger partial charge >= 0.3 is 7.69 Å². The number of allylic oxidation sites excluding steroid dienone is 2. The van der Waals surface area contributed by atoms with Crippen molar-refractivity contribution in [2.45, 2.75) is 0 Å². The van der Waals surface area contributed by atoms with Gasteiger partial charge in [0.15, 0.2) is 5.71 Å². The van der Waals surface area contributed by atoms with Crippen LogP contribution in [-0.4, -0.2) is 22.9 Å². The van der Waals surface area contributed by atoms with E-state index in [2.05, 4.69) is 77.8 Å². The first-order chi connectivity index (χ1) is 21.3. The summed E-state index contributed by atoms with van der Waals surface area (Å²) in [6, 6.07) is 53.4. The molecule has 1 aliphatic heterocycles. The SMILES string of the molecule is F[B][N+]1=C(c2ccccc2)C=C(c2ccccc2)/C1=C(\c1ccccc1)c1[nH]c(-c2ccccc2)cc1-c1ccccc1. The highest BCUT2D eigenvalue weighted by Crippen LogP contribution is 2.43. The van der Waals surface area contributed by atoms with Gasteiger partial charge in [0, 0.05) is 22.9 Å². The van der Waals surface area contributed by atoms with Gasteiger partial charge in [0.05, 0.1) is 16.8 Å². The lowest BCUT2D eigenvalue weighted by atomic mass is 9.90. The molecule has 1 N–H and O–H groups in total. The number of benzene rings is 5. The summed E-state index contributed by atoms with van der Waals surface area (Å²) < 4.78 is 17.1. The predicted molar refractivity (Wildman–Crippen MR) is 176 cm³/mol. The first-order valence-corrected chi connectivity index (χ1v) is 14.4. The Kier molecular flexibility index (Phi) is 7.25. The molecule has 4 heteroatoms. The van der Waals surface area contributed by atoms with E-state index < -0.39 is 0 Å². The molecule has 203 valence electrons. The molecule has 1 radical (unpaired) electrons. The summed E-state index contributed by atoms with van der Waals surface area (Å²) >= 11 is 0. The van der Waals surface area contributed by atoms with E-state index in [4.69, 9.17) is 0 Å². The van der Waals surface area contributed by atoms with E-state index in [9.17, 15) is 0 Å². The molecule has 0 saturated heterocycles. The van der Waals surface area contributed by atoms with Crippen molar-refractivity contribution in [3.8, 4) is 22.4 Å². The monoisotopic (exact) mass is 554 g/mol. The van der Waals surface area contributed by atoms with Crippen molar-refractivity contribution in [2.24, 2.45) is 0 Å². The number of H-pyrrole nitrogens is 1. The highest BCUT2D eigenvalue weighted by molar-refractivity contribution is 6.26. The molecule has 2 nitrogen and oxygen atoms in total. The fourth-order valence-electron chi connectivity index (χ4n) is 5.83. The Bertz CT molecular complexity index is 1960. The second-order valence-electron chi connectivity index (χ2n) is 10.4. The Morgan fingerprint density at radius 2 is 1.05 bits per heavy atom. The maximum atomic E-state index is 15.4. The topological polar surface area (TPSA) is 18.8 Å². The minimum absolute atomic E-state index is 0.691. The lowest BCUT2D eigenvalue weighted by Crippen LogP contribution is -2.19. The van der Waals surface area contributed by atoms with Crippen molar-refractivity contribution >= 4 is 24.5 Å². The fraction of sp³-hybridized carbons (Fsp3) is 0. The molecule has 5 aromatic carbocycles. The van der Waals surface area contributed by atoms with Crippen molar-refractivity contribution in [1.29, 1.82) is 0 Å². The fourth-order valence-corrected chi connectivity index (χ4v) is 5.83. The normalized spacial score (nSPS) is 14.0. The zero-order chi connectivity index (χ0) is 29.0. The Morgan fingerprint density at radius 3 is 1.60 bits per heavy atom. The Balaban J connectivity index is 1.60. The molecular formula is C39H28BFN2+. The lowest BCUT2D eigenvalue weighted by Gasteiger charge is -2.15. The molecule has 0 bridgehead atoms. The quantitative estimate of drug-likeness (QED) is 0.190. The van der Waals surface area contributed by atoms with Gasteiger partial charge in [-0.05, 0) is 40.5 Å². The zero-order valence-corrected chi connectivity index (χ0v) is 23.5. The van der Waals surface area contributed by atoms with Gasteiger partial charge < -0.3 is 4.98 Å². The molecule has 0 saturated carbocycles. The Hall–Kier alpha value is -5.48. The van der Waals surface area contributed by atoms with Crippen molar-refractivity contribution in [3.63, 3.8) is 0 Å². The first kappa shape index (κ1) is 26.4. The molecule has 0 aliphatic carbocycles. The van der Waals surface area contributed by atoms with E-state index in [1.807, 2.05) is 91.0 Å². The van der Waals surface area contributed by atoms with Crippen LogP contribution in [0.25, 0.3) is 33.5 Å². The maximum absolute atomic E-state index is 15.4. The molecule has 43 heavy (non-hydrogen) atoms. The van der Waals surface area contributed by atoms with Crippen LogP contribution in [-0.2, 0) is 0 Å². The van der Waals surface area contributed by atoms with E-state index in [1.54, 1.807) is 4.49 Å². The molecule has 0 spiro atoms. The molecule has 0 unspecified atom stereocenters. The first-order valence-electron chi connectivity index (χ1n) is 14.4. The summed E-state index contributed by atoms with van der Waals surface area (Å²) in [4.78, 5) is 3.79. The summed E-state index contributed by atoms with van der Waals surface area (Å²) in [5, 5.41) is 0. The van der Waals surface area contributed by atoms with Gasteiger partial charge in [0.25, 0.3) is 0 Å². The van der Waals surface area contributed by atoms with E-state index >= 15 is 4.32 Å². The number of aromatic amines is 1. The van der Waals surface area contributed by atoms with Gasteiger partial charge in [0.2, 0.25) is 5.70 Å². The average molecular weight is 554 g/mol. The number of aromatic nitrogens is 1. The van der Waals surface area contributed by atoms with Crippen LogP contribution in [0.5, 0.6) is 0 Å². The number of nitrogens with one attached hydrogen (secondary N) is 1. The minimum atomic E-state index is 0.691. The Morgan fingerprint density at radius 1 is 0.558 bits per heavy atom. The minimum Gasteiger partial charge on any atom is -0.354 e. The van der Waals surface area contributed by atoms with E-state index in [-0.39, 0.29) is 0 Å². The molecule has 0 fully saturated rings. The maximum Gasteiger partial charge on any atom is 0.792 e. The second kappa shape index (κ2) is 11.8. The predicted octanol–water partition coefficient (Wildman–Crippen LogP) is 9.21. The van der Waals surface area contributed by atoms with E-state index in [0.717, 1.165) is 67.3 Å². The number of rotatable bonds is 7. The van der Waals surface area contributed by atoms with Crippen molar-refractivity contribution in [1.82, 2.24) is 4.98 Å². The van der Waals surface area contributed by atoms with Crippen LogP contribution in [0.4, 0.5) is 4.32 Å². The zero-order valence-electron chi connectivity index (χ0n) is 23.5. The standard InChI is InChI=1S/C39H28BFN2/c41-40-43-36(31-22-12-4-13-23-31)27-34(29-18-8-2-9-19-29)39(43)37(32-24-14-5-15-25-32)38-33(28-16-6-1-7-17-28)26-35(42-38)30-20-10-3-11-21-30/h1-27,42H/q+1. The van der Waals surface area contributed by atoms with Gasteiger partial charge in [-0.15, -0.1) is 0 Å². The number of hydrogen-bond donors (Lipinski definition) is 1. The average Bonchev–Trinajstić information content (AvgIpc) is 3.70. The summed E-state index contributed by atoms with van der Waals surface area (Å²) in [7, 11) is 0.691. The van der Waals surface area contributed by atoms with Gasteiger partial charge in [-0.25, -0.2) is 8.80 Å². The van der Waals surface area contributed by atoms with Gasteiger partial charge in [0.1, 0.15) is 0 Å². The summed E-state index contributed by atoms with van der Waals surface area (Å²) in [5.74, 6) is 0. The van der Waals surface area contributed by atoms with Gasteiger partial charge in [-0.1, -0.05) is 140 Å². The van der Waals surface area contributed by atoms with Crippen molar-refractivity contribution in [2.75, 3.05) is 0 Å². The van der Waals surface area contributed by atoms with Crippen LogP contribution in [0.15, 0.2) is 169 Å². The molecule has 7 rings (SSSR count). The lowest BCUT2D eigenvalue weighted by molar-refractivity contribution is -0.315. The summed E-state index contributed by atoms with van der Waals surface area (Å²) in [5.41, 5.74) is 11.5. The largest absolute Gasteiger partial charge is 0.792 e.